The van der Waals surface area contributed by atoms with Gasteiger partial charge in [0.1, 0.15) is 5.75 Å². The number of sulfone groups is 1. The molecule has 1 aliphatic heterocycles. The highest BCUT2D eigenvalue weighted by atomic mass is 32.2. The number of amides is 1. The molecule has 13 nitrogen and oxygen atoms in total. The molecule has 14 heteroatoms. The Morgan fingerprint density at radius 2 is 1.73 bits per heavy atom. The molecule has 5 rings (SSSR count). The molecule has 1 heterocycles. The molecule has 4 aromatic rings. The lowest BCUT2D eigenvalue weighted by Gasteiger charge is -2.31. The number of carbonyl (C=O) groups is 1. The highest BCUT2D eigenvalue weighted by Gasteiger charge is 2.54. The minimum absolute atomic E-state index is 0.00141. The van der Waals surface area contributed by atoms with E-state index in [0.29, 0.717) is 52.5 Å². The fraction of sp³-hybridized carbons (Fsp3) is 0.297. The molecule has 0 aromatic heterocycles. The summed E-state index contributed by atoms with van der Waals surface area (Å²) in [5, 5.41) is 15.8. The molecule has 0 aliphatic carbocycles. The third-order valence-electron chi connectivity index (χ3n) is 8.43. The predicted molar refractivity (Wildman–Crippen MR) is 191 cm³/mol. The summed E-state index contributed by atoms with van der Waals surface area (Å²) in [5.41, 5.74) is 9.68. The van der Waals surface area contributed by atoms with Gasteiger partial charge in [0, 0.05) is 36.5 Å². The van der Waals surface area contributed by atoms with Gasteiger partial charge in [0.05, 0.1) is 38.0 Å². The van der Waals surface area contributed by atoms with Crippen molar-refractivity contribution in [3.63, 3.8) is 0 Å². The summed E-state index contributed by atoms with van der Waals surface area (Å²) in [4.78, 5) is 22.7. The first kappa shape index (κ1) is 36.7. The van der Waals surface area contributed by atoms with E-state index in [1.165, 1.54) is 26.4 Å². The van der Waals surface area contributed by atoms with Crippen molar-refractivity contribution in [2.45, 2.75) is 42.5 Å². The Morgan fingerprint density at radius 1 is 1.00 bits per heavy atom. The van der Waals surface area contributed by atoms with Crippen LogP contribution < -0.4 is 19.5 Å². The van der Waals surface area contributed by atoms with Crippen molar-refractivity contribution in [1.82, 2.24) is 5.32 Å². The molecule has 0 radical (unpaired) electrons. The highest BCUT2D eigenvalue weighted by molar-refractivity contribution is 7.91. The molecular formula is C37H39N5O8S. The molecule has 51 heavy (non-hydrogen) atoms. The average molecular weight is 714 g/mol. The number of carbonyl (C=O) groups excluding carboxylic acids is 1. The summed E-state index contributed by atoms with van der Waals surface area (Å²) in [6, 6.07) is 27.2. The van der Waals surface area contributed by atoms with Gasteiger partial charge in [0.2, 0.25) is 5.90 Å². The van der Waals surface area contributed by atoms with Crippen molar-refractivity contribution in [2.75, 3.05) is 33.2 Å². The van der Waals surface area contributed by atoms with Crippen molar-refractivity contribution in [1.29, 1.82) is 0 Å². The van der Waals surface area contributed by atoms with Gasteiger partial charge < -0.3 is 29.4 Å². The highest BCUT2D eigenvalue weighted by Crippen LogP contribution is 2.44. The van der Waals surface area contributed by atoms with E-state index >= 15 is 0 Å². The van der Waals surface area contributed by atoms with Crippen LogP contribution in [0.3, 0.4) is 0 Å². The Balaban J connectivity index is 1.60. The van der Waals surface area contributed by atoms with E-state index in [1.54, 1.807) is 84.9 Å². The third kappa shape index (κ3) is 8.61. The van der Waals surface area contributed by atoms with Gasteiger partial charge in [-0.15, -0.1) is 0 Å². The average Bonchev–Trinajstić information content (AvgIpc) is 3.56. The molecule has 0 bridgehead atoms. The molecule has 2 N–H and O–H groups in total. The van der Waals surface area contributed by atoms with Gasteiger partial charge in [-0.25, -0.2) is 13.4 Å². The summed E-state index contributed by atoms with van der Waals surface area (Å²) in [7, 11) is -0.826. The van der Waals surface area contributed by atoms with Crippen LogP contribution >= 0.6 is 0 Å². The van der Waals surface area contributed by atoms with Gasteiger partial charge in [-0.1, -0.05) is 53.6 Å². The largest absolute Gasteiger partial charge is 0.494 e. The van der Waals surface area contributed by atoms with E-state index in [-0.39, 0.29) is 36.9 Å². The number of methoxy groups -OCH3 is 2. The molecule has 1 amide bonds. The first-order valence-corrected chi connectivity index (χ1v) is 17.9. The summed E-state index contributed by atoms with van der Waals surface area (Å²) in [6.45, 7) is 0.357. The lowest BCUT2D eigenvalue weighted by Crippen LogP contribution is -2.49. The Kier molecular flexibility index (Phi) is 12.2. The van der Waals surface area contributed by atoms with Crippen LogP contribution in [-0.2, 0) is 32.5 Å². The number of benzene rings is 4. The monoisotopic (exact) mass is 713 g/mol. The zero-order valence-electron chi connectivity index (χ0n) is 28.3. The van der Waals surface area contributed by atoms with Crippen LogP contribution in [0.4, 0.5) is 0 Å². The molecule has 0 saturated heterocycles. The summed E-state index contributed by atoms with van der Waals surface area (Å²) in [5.74, 6) is 0.700. The first-order chi connectivity index (χ1) is 24.7. The van der Waals surface area contributed by atoms with E-state index in [4.69, 9.17) is 34.6 Å². The molecule has 0 unspecified atom stereocenters. The normalized spacial score (nSPS) is 16.7. The second kappa shape index (κ2) is 16.9. The lowest BCUT2D eigenvalue weighted by molar-refractivity contribution is -0.129. The van der Waals surface area contributed by atoms with E-state index in [0.717, 1.165) is 0 Å². The standard InChI is InChI=1S/C37H39N5O8S/c1-47-32-18-13-26(23-33(32)48-2)24-39-36(44)37(19-22-51(45,46)30-10-4-3-5-11-30)34(31-12-7-6-9-28(31)25-40-42-38)50-35(41-37)27-14-16-29(17-15-27)49-21-8-20-43/h3-7,9-18,23,34,43H,8,19-22,24-25H2,1-2H3,(H,39,44)/t34-,37-/m1/s1. The van der Waals surface area contributed by atoms with E-state index in [9.17, 15) is 13.2 Å². The quantitative estimate of drug-likeness (QED) is 0.0604. The maximum atomic E-state index is 14.7. The topological polar surface area (TPSA) is 182 Å². The molecule has 0 fully saturated rings. The molecule has 0 saturated carbocycles. The number of nitrogens with one attached hydrogen (secondary N) is 1. The van der Waals surface area contributed by atoms with Crippen LogP contribution in [-0.4, -0.2) is 64.1 Å². The van der Waals surface area contributed by atoms with Gasteiger partial charge in [-0.3, -0.25) is 4.79 Å². The first-order valence-electron chi connectivity index (χ1n) is 16.2. The number of aliphatic hydroxyl groups is 1. The second-order valence-electron chi connectivity index (χ2n) is 11.6. The number of ether oxygens (including phenoxy) is 4. The van der Waals surface area contributed by atoms with Gasteiger partial charge in [0.15, 0.2) is 33.0 Å². The van der Waals surface area contributed by atoms with Crippen LogP contribution in [0.25, 0.3) is 10.4 Å². The lowest BCUT2D eigenvalue weighted by atomic mass is 9.83. The minimum atomic E-state index is -3.87. The molecule has 1 aliphatic rings. The van der Waals surface area contributed by atoms with Gasteiger partial charge in [-0.05, 0) is 70.8 Å². The molecule has 4 aromatic carbocycles. The van der Waals surface area contributed by atoms with E-state index in [2.05, 4.69) is 15.3 Å². The van der Waals surface area contributed by atoms with Gasteiger partial charge >= 0.3 is 0 Å². The maximum absolute atomic E-state index is 14.7. The van der Waals surface area contributed by atoms with Crippen LogP contribution in [0.2, 0.25) is 0 Å². The number of azide groups is 1. The van der Waals surface area contributed by atoms with Crippen molar-refractivity contribution in [3.05, 3.63) is 130 Å². The molecular weight excluding hydrogens is 675 g/mol. The van der Waals surface area contributed by atoms with Gasteiger partial charge in [0.25, 0.3) is 5.91 Å². The van der Waals surface area contributed by atoms with Crippen LogP contribution in [0.1, 0.15) is 41.2 Å². The van der Waals surface area contributed by atoms with Gasteiger partial charge in [-0.2, -0.15) is 0 Å². The van der Waals surface area contributed by atoms with Crippen LogP contribution in [0.15, 0.2) is 112 Å². The number of hydrogen-bond donors (Lipinski definition) is 2. The minimum Gasteiger partial charge on any atom is -0.494 e. The summed E-state index contributed by atoms with van der Waals surface area (Å²) >= 11 is 0. The second-order valence-corrected chi connectivity index (χ2v) is 13.7. The van der Waals surface area contributed by atoms with Crippen molar-refractivity contribution < 1.29 is 37.3 Å². The van der Waals surface area contributed by atoms with Crippen molar-refractivity contribution >= 4 is 21.6 Å². The zero-order chi connectivity index (χ0) is 36.3. The Hall–Kier alpha value is -5.56. The number of aliphatic imine (C=N–C) groups is 1. The third-order valence-corrected chi connectivity index (χ3v) is 10.2. The van der Waals surface area contributed by atoms with Crippen LogP contribution in [0.5, 0.6) is 17.2 Å². The van der Waals surface area contributed by atoms with Crippen molar-refractivity contribution in [2.24, 2.45) is 10.1 Å². The number of hydrogen-bond acceptors (Lipinski definition) is 10. The number of rotatable bonds is 17. The zero-order valence-corrected chi connectivity index (χ0v) is 29.1. The van der Waals surface area contributed by atoms with E-state index in [1.807, 2.05) is 0 Å². The van der Waals surface area contributed by atoms with Crippen LogP contribution in [0, 0.1) is 0 Å². The SMILES string of the molecule is COc1ccc(CNC(=O)[C@]2(CCS(=O)(=O)c3ccccc3)N=C(c3ccc(OCCCO)cc3)O[C@@H]2c2ccccc2CN=[N+]=[N-])cc1OC. The fourth-order valence-electron chi connectivity index (χ4n) is 5.75. The Labute approximate surface area is 296 Å². The summed E-state index contributed by atoms with van der Waals surface area (Å²) in [6.07, 6.45) is -0.871. The fourth-order valence-corrected chi connectivity index (χ4v) is 7.14. The smallest absolute Gasteiger partial charge is 0.252 e. The summed E-state index contributed by atoms with van der Waals surface area (Å²) < 4.78 is 50.4. The van der Waals surface area contributed by atoms with Crippen molar-refractivity contribution in [3.8, 4) is 17.2 Å². The van der Waals surface area contributed by atoms with E-state index < -0.39 is 33.1 Å². The predicted octanol–water partition coefficient (Wildman–Crippen LogP) is 5.71. The number of aliphatic hydroxyl groups excluding tert-OH is 1. The Bertz CT molecular complexity index is 2000. The maximum Gasteiger partial charge on any atom is 0.252 e. The number of nitrogens with zero attached hydrogens (tertiary/aromatic N) is 4. The molecule has 0 spiro atoms. The molecule has 2 atom stereocenters. The Morgan fingerprint density at radius 3 is 2.43 bits per heavy atom. The molecule has 266 valence electrons.